The summed E-state index contributed by atoms with van der Waals surface area (Å²) in [6.07, 6.45) is 1.88. The molecular weight excluding hydrogens is 478 g/mol. The summed E-state index contributed by atoms with van der Waals surface area (Å²) in [6, 6.07) is 29.6. The minimum Gasteiger partial charge on any atom is -0.437 e. The van der Waals surface area contributed by atoms with Gasteiger partial charge in [-0.2, -0.15) is 0 Å². The van der Waals surface area contributed by atoms with Crippen LogP contribution in [0, 0.1) is 27.7 Å². The van der Waals surface area contributed by atoms with Gasteiger partial charge in [-0.15, -0.1) is 0 Å². The van der Waals surface area contributed by atoms with Crippen molar-refractivity contribution in [1.82, 2.24) is 15.0 Å². The molecule has 188 valence electrons. The van der Waals surface area contributed by atoms with E-state index in [0.29, 0.717) is 5.71 Å². The molecule has 7 rings (SSSR count). The largest absolute Gasteiger partial charge is 0.437 e. The Morgan fingerprint density at radius 1 is 0.615 bits per heavy atom. The molecule has 0 aliphatic rings. The van der Waals surface area contributed by atoms with Crippen molar-refractivity contribution in [3.05, 3.63) is 114 Å². The summed E-state index contributed by atoms with van der Waals surface area (Å²) in [5.41, 5.74) is 13.4. The highest BCUT2D eigenvalue weighted by Gasteiger charge is 2.15. The molecule has 4 nitrogen and oxygen atoms in total. The van der Waals surface area contributed by atoms with Gasteiger partial charge in [-0.05, 0) is 104 Å². The van der Waals surface area contributed by atoms with Gasteiger partial charge < -0.3 is 4.42 Å². The van der Waals surface area contributed by atoms with E-state index < -0.39 is 0 Å². The van der Waals surface area contributed by atoms with Crippen LogP contribution in [0.3, 0.4) is 0 Å². The lowest BCUT2D eigenvalue weighted by Gasteiger charge is -2.13. The van der Waals surface area contributed by atoms with Crippen LogP contribution >= 0.6 is 0 Å². The predicted octanol–water partition coefficient (Wildman–Crippen LogP) is 9.16. The van der Waals surface area contributed by atoms with Gasteiger partial charge in [0.15, 0.2) is 0 Å². The molecule has 0 aliphatic carbocycles. The van der Waals surface area contributed by atoms with Crippen molar-refractivity contribution in [2.45, 2.75) is 27.7 Å². The van der Waals surface area contributed by atoms with Crippen molar-refractivity contribution in [2.75, 3.05) is 0 Å². The third kappa shape index (κ3) is 3.88. The molecule has 7 aromatic rings. The number of aryl methyl sites for hydroxylation is 4. The Labute approximate surface area is 227 Å². The summed E-state index contributed by atoms with van der Waals surface area (Å²) < 4.78 is 6.25. The molecular formula is C35H27N3O. The van der Waals surface area contributed by atoms with E-state index in [1.807, 2.05) is 19.2 Å². The van der Waals surface area contributed by atoms with Gasteiger partial charge in [-0.25, -0.2) is 9.97 Å². The molecule has 4 aromatic heterocycles. The topological polar surface area (TPSA) is 51.8 Å². The fourth-order valence-electron chi connectivity index (χ4n) is 5.66. The molecule has 0 radical (unpaired) electrons. The normalized spacial score (nSPS) is 11.6. The van der Waals surface area contributed by atoms with Crippen molar-refractivity contribution in [2.24, 2.45) is 0 Å². The zero-order valence-corrected chi connectivity index (χ0v) is 22.4. The quantitative estimate of drug-likeness (QED) is 0.240. The van der Waals surface area contributed by atoms with Crippen LogP contribution in [0.1, 0.15) is 22.4 Å². The van der Waals surface area contributed by atoms with Crippen LogP contribution in [0.4, 0.5) is 0 Å². The van der Waals surface area contributed by atoms with E-state index >= 15 is 0 Å². The second-order valence-electron chi connectivity index (χ2n) is 10.3. The third-order valence-electron chi connectivity index (χ3n) is 7.62. The van der Waals surface area contributed by atoms with Gasteiger partial charge in [0.05, 0.1) is 16.9 Å². The van der Waals surface area contributed by atoms with Crippen LogP contribution in [0.25, 0.3) is 66.6 Å². The van der Waals surface area contributed by atoms with Gasteiger partial charge in [0.1, 0.15) is 5.58 Å². The summed E-state index contributed by atoms with van der Waals surface area (Å²) in [6.45, 7) is 8.42. The lowest BCUT2D eigenvalue weighted by Crippen LogP contribution is -1.93. The molecule has 0 N–H and O–H groups in total. The second kappa shape index (κ2) is 8.88. The lowest BCUT2D eigenvalue weighted by molar-refractivity contribution is 0.653. The van der Waals surface area contributed by atoms with E-state index in [4.69, 9.17) is 14.4 Å². The number of nitrogens with zero attached hydrogens (tertiary/aromatic N) is 3. The van der Waals surface area contributed by atoms with Gasteiger partial charge >= 0.3 is 0 Å². The molecule has 4 heterocycles. The molecule has 0 saturated heterocycles. The van der Waals surface area contributed by atoms with Crippen molar-refractivity contribution in [3.63, 3.8) is 0 Å². The Hall–Kier alpha value is -4.83. The van der Waals surface area contributed by atoms with Gasteiger partial charge in [-0.3, -0.25) is 4.98 Å². The van der Waals surface area contributed by atoms with Gasteiger partial charge in [0, 0.05) is 39.2 Å². The number of pyridine rings is 3. The fourth-order valence-corrected chi connectivity index (χ4v) is 5.66. The number of rotatable bonds is 3. The zero-order chi connectivity index (χ0) is 26.7. The Morgan fingerprint density at radius 2 is 1.44 bits per heavy atom. The summed E-state index contributed by atoms with van der Waals surface area (Å²) in [4.78, 5) is 14.4. The first kappa shape index (κ1) is 23.3. The first-order valence-electron chi connectivity index (χ1n) is 13.2. The lowest BCUT2D eigenvalue weighted by atomic mass is 9.95. The van der Waals surface area contributed by atoms with Gasteiger partial charge in [0.2, 0.25) is 5.71 Å². The second-order valence-corrected chi connectivity index (χ2v) is 10.3. The molecule has 3 aromatic carbocycles. The van der Waals surface area contributed by atoms with E-state index in [1.165, 1.54) is 27.8 Å². The molecule has 0 aliphatic heterocycles. The fraction of sp³-hybridized carbons (Fsp3) is 0.114. The van der Waals surface area contributed by atoms with Gasteiger partial charge in [0.25, 0.3) is 0 Å². The molecule has 0 atom stereocenters. The van der Waals surface area contributed by atoms with Crippen molar-refractivity contribution in [1.29, 1.82) is 0 Å². The van der Waals surface area contributed by atoms with Crippen LogP contribution in [0.2, 0.25) is 0 Å². The summed E-state index contributed by atoms with van der Waals surface area (Å²) in [7, 11) is 0. The summed E-state index contributed by atoms with van der Waals surface area (Å²) in [5, 5.41) is 3.19. The number of fused-ring (bicyclic) bond motifs is 4. The highest BCUT2D eigenvalue weighted by molar-refractivity contribution is 6.08. The van der Waals surface area contributed by atoms with E-state index in [1.54, 1.807) is 0 Å². The predicted molar refractivity (Wildman–Crippen MR) is 160 cm³/mol. The number of furan rings is 1. The Morgan fingerprint density at radius 3 is 2.28 bits per heavy atom. The number of benzene rings is 3. The molecule has 0 saturated carbocycles. The van der Waals surface area contributed by atoms with Crippen LogP contribution < -0.4 is 0 Å². The average molecular weight is 506 g/mol. The maximum absolute atomic E-state index is 6.25. The van der Waals surface area contributed by atoms with Crippen LogP contribution in [-0.4, -0.2) is 15.0 Å². The first-order valence-corrected chi connectivity index (χ1v) is 13.2. The molecule has 0 amide bonds. The maximum atomic E-state index is 6.25. The number of aromatic nitrogens is 3. The Bertz CT molecular complexity index is 2050. The van der Waals surface area contributed by atoms with Crippen LogP contribution in [0.5, 0.6) is 0 Å². The van der Waals surface area contributed by atoms with Crippen molar-refractivity contribution < 1.29 is 4.42 Å². The van der Waals surface area contributed by atoms with E-state index in [2.05, 4.69) is 105 Å². The number of para-hydroxylation sites is 1. The molecule has 4 heteroatoms. The minimum atomic E-state index is 0.659. The van der Waals surface area contributed by atoms with Crippen molar-refractivity contribution in [3.8, 4) is 33.6 Å². The van der Waals surface area contributed by atoms with E-state index in [9.17, 15) is 0 Å². The standard InChI is InChI=1S/C35H27N3O/c1-20-7-5-8-21(2)33(20)30-14-12-25-18-29(22(3)17-31(25)38-30)24-15-16-36-32(19-24)28-10-6-9-26-27-13-11-23(4)37-35(27)39-34(26)28/h5-19H,1-4H3. The highest BCUT2D eigenvalue weighted by atomic mass is 16.3. The SMILES string of the molecule is Cc1ccc2c(n1)oc1c(-c3cc(-c4cc5ccc(-c6c(C)cccc6C)nc5cc4C)ccn3)cccc12. The molecule has 0 spiro atoms. The molecule has 0 unspecified atom stereocenters. The summed E-state index contributed by atoms with van der Waals surface area (Å²) >= 11 is 0. The van der Waals surface area contributed by atoms with Crippen molar-refractivity contribution >= 4 is 33.0 Å². The molecule has 0 bridgehead atoms. The number of hydrogen-bond donors (Lipinski definition) is 0. The molecule has 39 heavy (non-hydrogen) atoms. The Balaban J connectivity index is 1.33. The van der Waals surface area contributed by atoms with Crippen LogP contribution in [-0.2, 0) is 0 Å². The number of hydrogen-bond acceptors (Lipinski definition) is 4. The van der Waals surface area contributed by atoms with E-state index in [0.717, 1.165) is 55.5 Å². The highest BCUT2D eigenvalue weighted by Crippen LogP contribution is 2.37. The summed E-state index contributed by atoms with van der Waals surface area (Å²) in [5.74, 6) is 0. The monoisotopic (exact) mass is 505 g/mol. The van der Waals surface area contributed by atoms with E-state index in [-0.39, 0.29) is 0 Å². The Kier molecular flexibility index (Phi) is 5.31. The maximum Gasteiger partial charge on any atom is 0.227 e. The van der Waals surface area contributed by atoms with Gasteiger partial charge in [-0.1, -0.05) is 36.4 Å². The average Bonchev–Trinajstić information content (AvgIpc) is 3.30. The smallest absolute Gasteiger partial charge is 0.227 e. The minimum absolute atomic E-state index is 0.659. The third-order valence-corrected chi connectivity index (χ3v) is 7.62. The molecule has 0 fully saturated rings. The zero-order valence-electron chi connectivity index (χ0n) is 22.4. The van der Waals surface area contributed by atoms with Crippen LogP contribution in [0.15, 0.2) is 95.5 Å². The first-order chi connectivity index (χ1) is 19.0.